The van der Waals surface area contributed by atoms with E-state index in [1.54, 1.807) is 24.3 Å². The predicted octanol–water partition coefficient (Wildman–Crippen LogP) is 4.20. The van der Waals surface area contributed by atoms with Crippen LogP contribution in [0.4, 0.5) is 17.1 Å². The molecule has 1 N–H and O–H groups in total. The van der Waals surface area contributed by atoms with Crippen LogP contribution in [0, 0.1) is 0 Å². The molecule has 7 heteroatoms. The lowest BCUT2D eigenvalue weighted by Gasteiger charge is -2.22. The summed E-state index contributed by atoms with van der Waals surface area (Å²) in [6.07, 6.45) is 0.0962. The third-order valence-corrected chi connectivity index (χ3v) is 5.09. The van der Waals surface area contributed by atoms with Gasteiger partial charge >= 0.3 is 0 Å². The summed E-state index contributed by atoms with van der Waals surface area (Å²) in [5.74, 6) is 0.566. The summed E-state index contributed by atoms with van der Waals surface area (Å²) in [5, 5.41) is 2.82. The second kappa shape index (κ2) is 9.34. The first-order valence-corrected chi connectivity index (χ1v) is 10.1. The number of hydrogen-bond donors (Lipinski definition) is 1. The minimum absolute atomic E-state index is 0.0962. The zero-order chi connectivity index (χ0) is 22.5. The van der Waals surface area contributed by atoms with Gasteiger partial charge in [-0.15, -0.1) is 0 Å². The number of para-hydroxylation sites is 2. The van der Waals surface area contributed by atoms with Crippen molar-refractivity contribution >= 4 is 34.6 Å². The minimum atomic E-state index is -0.341. The number of ether oxygens (including phenoxy) is 2. The van der Waals surface area contributed by atoms with Gasteiger partial charge in [0.25, 0.3) is 0 Å². The highest BCUT2D eigenvalue weighted by atomic mass is 16.5. The Labute approximate surface area is 186 Å². The molecular weight excluding hydrogens is 406 g/mol. The fourth-order valence-corrected chi connectivity index (χ4v) is 3.54. The molecule has 0 spiro atoms. The van der Waals surface area contributed by atoms with Crippen molar-refractivity contribution in [3.8, 4) is 11.5 Å². The maximum Gasteiger partial charge on any atom is 0.244 e. The Hall–Kier alpha value is -4.13. The number of amides is 2. The fraction of sp³-hybridized carbons (Fsp3) is 0.160. The van der Waals surface area contributed by atoms with E-state index >= 15 is 0 Å². The zero-order valence-corrected chi connectivity index (χ0v) is 17.9. The molecular formula is C25H23N3O4. The highest BCUT2D eigenvalue weighted by molar-refractivity contribution is 6.19. The number of hydrogen-bond acceptors (Lipinski definition) is 5. The van der Waals surface area contributed by atoms with E-state index in [4.69, 9.17) is 14.5 Å². The van der Waals surface area contributed by atoms with Crippen molar-refractivity contribution in [2.75, 3.05) is 31.0 Å². The number of anilines is 2. The molecule has 0 bridgehead atoms. The topological polar surface area (TPSA) is 80.2 Å². The molecule has 0 aliphatic carbocycles. The monoisotopic (exact) mass is 429 g/mol. The van der Waals surface area contributed by atoms with Crippen LogP contribution < -0.4 is 19.7 Å². The summed E-state index contributed by atoms with van der Waals surface area (Å²) in [6, 6.07) is 22.0. The number of methoxy groups -OCH3 is 2. The Kier molecular flexibility index (Phi) is 6.17. The second-order valence-corrected chi connectivity index (χ2v) is 7.22. The van der Waals surface area contributed by atoms with Crippen LogP contribution >= 0.6 is 0 Å². The first-order valence-electron chi connectivity index (χ1n) is 10.1. The van der Waals surface area contributed by atoms with Crippen molar-refractivity contribution in [3.05, 3.63) is 78.4 Å². The summed E-state index contributed by atoms with van der Waals surface area (Å²) in [7, 11) is 3.08. The third kappa shape index (κ3) is 4.62. The molecule has 0 saturated carbocycles. The van der Waals surface area contributed by atoms with Gasteiger partial charge in [0.2, 0.25) is 11.8 Å². The van der Waals surface area contributed by atoms with E-state index in [2.05, 4.69) is 5.32 Å². The van der Waals surface area contributed by atoms with Gasteiger partial charge in [-0.1, -0.05) is 42.5 Å². The van der Waals surface area contributed by atoms with E-state index in [1.165, 1.54) is 19.1 Å². The Morgan fingerprint density at radius 3 is 2.31 bits per heavy atom. The zero-order valence-electron chi connectivity index (χ0n) is 17.9. The Bertz CT molecular complexity index is 1150. The Balaban J connectivity index is 1.59. The summed E-state index contributed by atoms with van der Waals surface area (Å²) in [6.45, 7) is -0.146. The molecule has 1 aliphatic heterocycles. The van der Waals surface area contributed by atoms with Gasteiger partial charge in [-0.25, -0.2) is 0 Å². The average Bonchev–Trinajstić information content (AvgIpc) is 2.96. The lowest BCUT2D eigenvalue weighted by atomic mass is 10.1. The van der Waals surface area contributed by atoms with Crippen LogP contribution in [0.15, 0.2) is 77.8 Å². The molecule has 0 aromatic heterocycles. The molecule has 0 radical (unpaired) electrons. The maximum atomic E-state index is 13.2. The van der Waals surface area contributed by atoms with E-state index in [9.17, 15) is 9.59 Å². The van der Waals surface area contributed by atoms with Crippen molar-refractivity contribution in [1.29, 1.82) is 0 Å². The summed E-state index contributed by atoms with van der Waals surface area (Å²) in [4.78, 5) is 32.3. The average molecular weight is 429 g/mol. The highest BCUT2D eigenvalue weighted by Gasteiger charge is 2.26. The van der Waals surface area contributed by atoms with E-state index in [0.717, 1.165) is 5.56 Å². The van der Waals surface area contributed by atoms with Gasteiger partial charge in [-0.05, 0) is 17.7 Å². The summed E-state index contributed by atoms with van der Waals surface area (Å²) < 4.78 is 10.5. The Morgan fingerprint density at radius 1 is 0.969 bits per heavy atom. The number of nitrogens with one attached hydrogen (secondary N) is 1. The molecule has 0 unspecified atom stereocenters. The van der Waals surface area contributed by atoms with Crippen LogP contribution in [0.3, 0.4) is 0 Å². The van der Waals surface area contributed by atoms with Gasteiger partial charge in [0.05, 0.1) is 37.7 Å². The molecule has 0 saturated heterocycles. The number of carbonyl (C=O) groups is 2. The van der Waals surface area contributed by atoms with Gasteiger partial charge in [-0.2, -0.15) is 0 Å². The molecule has 0 atom stereocenters. The smallest absolute Gasteiger partial charge is 0.244 e. The summed E-state index contributed by atoms with van der Waals surface area (Å²) in [5.41, 5.74) is 3.31. The number of aliphatic imine (C=N–C) groups is 1. The molecule has 0 fully saturated rings. The molecule has 3 aromatic rings. The standard InChI is InChI=1S/C25H23N3O4/c1-31-19-12-18(13-20(14-19)32-2)26-24(29)16-28-23-11-7-6-10-21(23)27-22(15-25(28)30)17-8-4-3-5-9-17/h3-14H,15-16H2,1-2H3,(H,26,29). The Morgan fingerprint density at radius 2 is 1.62 bits per heavy atom. The van der Waals surface area contributed by atoms with Crippen LogP contribution in [0.1, 0.15) is 12.0 Å². The largest absolute Gasteiger partial charge is 0.497 e. The number of nitrogens with zero attached hydrogens (tertiary/aromatic N) is 2. The quantitative estimate of drug-likeness (QED) is 0.637. The SMILES string of the molecule is COc1cc(NC(=O)CN2C(=O)CC(c3ccccc3)=Nc3ccccc32)cc(OC)c1. The minimum Gasteiger partial charge on any atom is -0.497 e. The lowest BCUT2D eigenvalue weighted by molar-refractivity contribution is -0.120. The van der Waals surface area contributed by atoms with Crippen molar-refractivity contribution in [1.82, 2.24) is 0 Å². The van der Waals surface area contributed by atoms with Crippen molar-refractivity contribution < 1.29 is 19.1 Å². The molecule has 162 valence electrons. The van der Waals surface area contributed by atoms with E-state index in [0.29, 0.717) is 34.3 Å². The van der Waals surface area contributed by atoms with Gasteiger partial charge in [0.1, 0.15) is 18.0 Å². The predicted molar refractivity (Wildman–Crippen MR) is 124 cm³/mol. The normalized spacial score (nSPS) is 13.0. The molecule has 7 nitrogen and oxygen atoms in total. The van der Waals surface area contributed by atoms with Crippen LogP contribution in [0.25, 0.3) is 0 Å². The maximum absolute atomic E-state index is 13.2. The fourth-order valence-electron chi connectivity index (χ4n) is 3.54. The van der Waals surface area contributed by atoms with Gasteiger partial charge in [-0.3, -0.25) is 14.6 Å². The molecule has 1 heterocycles. The number of benzene rings is 3. The summed E-state index contributed by atoms with van der Waals surface area (Å²) >= 11 is 0. The van der Waals surface area contributed by atoms with E-state index < -0.39 is 0 Å². The first kappa shape index (κ1) is 21.1. The van der Waals surface area contributed by atoms with Crippen molar-refractivity contribution in [2.24, 2.45) is 4.99 Å². The van der Waals surface area contributed by atoms with Crippen LogP contribution in [0.2, 0.25) is 0 Å². The van der Waals surface area contributed by atoms with E-state index in [1.807, 2.05) is 48.5 Å². The second-order valence-electron chi connectivity index (χ2n) is 7.22. The van der Waals surface area contributed by atoms with Crippen molar-refractivity contribution in [2.45, 2.75) is 6.42 Å². The first-order chi connectivity index (χ1) is 15.6. The van der Waals surface area contributed by atoms with Gasteiger partial charge in [0, 0.05) is 23.9 Å². The third-order valence-electron chi connectivity index (χ3n) is 5.09. The molecule has 4 rings (SSSR count). The molecule has 2 amide bonds. The van der Waals surface area contributed by atoms with Crippen LogP contribution in [-0.4, -0.2) is 38.3 Å². The highest BCUT2D eigenvalue weighted by Crippen LogP contribution is 2.33. The van der Waals surface area contributed by atoms with Crippen LogP contribution in [-0.2, 0) is 9.59 Å². The van der Waals surface area contributed by atoms with Gasteiger partial charge < -0.3 is 19.7 Å². The number of fused-ring (bicyclic) bond motifs is 1. The van der Waals surface area contributed by atoms with E-state index in [-0.39, 0.29) is 24.8 Å². The molecule has 32 heavy (non-hydrogen) atoms. The van der Waals surface area contributed by atoms with Gasteiger partial charge in [0.15, 0.2) is 0 Å². The number of rotatable bonds is 6. The molecule has 3 aromatic carbocycles. The van der Waals surface area contributed by atoms with Crippen LogP contribution in [0.5, 0.6) is 11.5 Å². The number of carbonyl (C=O) groups excluding carboxylic acids is 2. The lowest BCUT2D eigenvalue weighted by Crippen LogP contribution is -2.38. The molecule has 1 aliphatic rings. The van der Waals surface area contributed by atoms with Crippen molar-refractivity contribution in [3.63, 3.8) is 0 Å².